The van der Waals surface area contributed by atoms with Crippen LogP contribution in [-0.2, 0) is 24.0 Å². The van der Waals surface area contributed by atoms with Gasteiger partial charge in [-0.25, -0.2) is 0 Å². The molecule has 0 saturated carbocycles. The van der Waals surface area contributed by atoms with Gasteiger partial charge in [0.15, 0.2) is 0 Å². The SMILES string of the molecule is CC(C)(C)CC(=O)NCCCC(NC(=O)C1CC(NC(=O)CC(C)(C)C)CN1C(=O)CC(C)(C)C)C(N)=O. The van der Waals surface area contributed by atoms with Crippen LogP contribution in [0.2, 0.25) is 0 Å². The van der Waals surface area contributed by atoms with Gasteiger partial charge in [0.25, 0.3) is 0 Å². The minimum atomic E-state index is -0.934. The quantitative estimate of drug-likeness (QED) is 0.298. The average molecular weight is 538 g/mol. The lowest BCUT2D eigenvalue weighted by molar-refractivity contribution is -0.140. The zero-order valence-electron chi connectivity index (χ0n) is 25.0. The summed E-state index contributed by atoms with van der Waals surface area (Å²) < 4.78 is 0. The lowest BCUT2D eigenvalue weighted by atomic mass is 9.91. The molecule has 0 aliphatic carbocycles. The average Bonchev–Trinajstić information content (AvgIpc) is 3.09. The monoisotopic (exact) mass is 537 g/mol. The number of hydrogen-bond acceptors (Lipinski definition) is 5. The Bertz CT molecular complexity index is 866. The maximum Gasteiger partial charge on any atom is 0.243 e. The van der Waals surface area contributed by atoms with Gasteiger partial charge in [0.1, 0.15) is 12.1 Å². The van der Waals surface area contributed by atoms with Crippen molar-refractivity contribution in [3.63, 3.8) is 0 Å². The number of primary amides is 1. The van der Waals surface area contributed by atoms with E-state index >= 15 is 0 Å². The zero-order chi connectivity index (χ0) is 29.5. The van der Waals surface area contributed by atoms with Crippen molar-refractivity contribution in [2.75, 3.05) is 13.1 Å². The van der Waals surface area contributed by atoms with Crippen LogP contribution >= 0.6 is 0 Å². The number of nitrogens with two attached hydrogens (primary N) is 1. The fraction of sp³-hybridized carbons (Fsp3) is 0.821. The molecule has 10 heteroatoms. The lowest BCUT2D eigenvalue weighted by Gasteiger charge is -2.28. The standard InChI is InChI=1S/C28H51N5O5/c1-26(2,3)14-21(34)30-12-10-11-19(24(29)37)32-25(38)20-13-18(31-22(35)15-27(4,5)6)17-33(20)23(36)16-28(7,8)9/h18-20H,10-17H2,1-9H3,(H2,29,37)(H,30,34)(H,31,35)(H,32,38). The van der Waals surface area contributed by atoms with Crippen LogP contribution in [0.5, 0.6) is 0 Å². The molecule has 1 fully saturated rings. The minimum absolute atomic E-state index is 0.0735. The van der Waals surface area contributed by atoms with Gasteiger partial charge >= 0.3 is 0 Å². The molecule has 10 nitrogen and oxygen atoms in total. The van der Waals surface area contributed by atoms with E-state index in [0.29, 0.717) is 25.8 Å². The van der Waals surface area contributed by atoms with Crippen LogP contribution < -0.4 is 21.7 Å². The molecule has 0 aromatic heterocycles. The summed E-state index contributed by atoms with van der Waals surface area (Å²) in [5.41, 5.74) is 4.96. The van der Waals surface area contributed by atoms with Gasteiger partial charge in [-0.1, -0.05) is 62.3 Å². The van der Waals surface area contributed by atoms with Crippen LogP contribution in [-0.4, -0.2) is 65.7 Å². The van der Waals surface area contributed by atoms with E-state index in [1.165, 1.54) is 4.90 Å². The van der Waals surface area contributed by atoms with Crippen molar-refractivity contribution in [3.05, 3.63) is 0 Å². The highest BCUT2D eigenvalue weighted by molar-refractivity contribution is 5.92. The molecule has 1 rings (SSSR count). The van der Waals surface area contributed by atoms with Crippen molar-refractivity contribution in [2.24, 2.45) is 22.0 Å². The van der Waals surface area contributed by atoms with Gasteiger partial charge in [-0.2, -0.15) is 0 Å². The molecule has 0 bridgehead atoms. The maximum absolute atomic E-state index is 13.3. The van der Waals surface area contributed by atoms with E-state index in [9.17, 15) is 24.0 Å². The number of rotatable bonds is 11. The molecule has 0 aromatic rings. The van der Waals surface area contributed by atoms with Gasteiger partial charge < -0.3 is 26.6 Å². The molecule has 3 atom stereocenters. The Morgan fingerprint density at radius 2 is 1.37 bits per heavy atom. The number of nitrogens with zero attached hydrogens (tertiary/aromatic N) is 1. The topological polar surface area (TPSA) is 151 Å². The Hall–Kier alpha value is -2.65. The number of carbonyl (C=O) groups is 5. The lowest BCUT2D eigenvalue weighted by Crippen LogP contribution is -2.52. The van der Waals surface area contributed by atoms with Gasteiger partial charge in [-0.05, 0) is 35.5 Å². The summed E-state index contributed by atoms with van der Waals surface area (Å²) in [5, 5.41) is 8.51. The summed E-state index contributed by atoms with van der Waals surface area (Å²) in [6.45, 7) is 18.3. The van der Waals surface area contributed by atoms with E-state index in [4.69, 9.17) is 5.73 Å². The van der Waals surface area contributed by atoms with Gasteiger partial charge in [0.05, 0.1) is 0 Å². The van der Waals surface area contributed by atoms with Gasteiger partial charge in [0, 0.05) is 38.4 Å². The molecule has 0 radical (unpaired) electrons. The molecule has 1 aliphatic rings. The third kappa shape index (κ3) is 13.2. The second-order valence-electron chi connectivity index (χ2n) is 14.2. The predicted molar refractivity (Wildman–Crippen MR) is 148 cm³/mol. The number of carbonyl (C=O) groups excluding carboxylic acids is 5. The smallest absolute Gasteiger partial charge is 0.243 e. The number of likely N-dealkylation sites (tertiary alicyclic amines) is 1. The van der Waals surface area contributed by atoms with Crippen LogP contribution in [0.4, 0.5) is 0 Å². The van der Waals surface area contributed by atoms with Crippen molar-refractivity contribution in [1.29, 1.82) is 0 Å². The summed E-state index contributed by atoms with van der Waals surface area (Å²) in [6.07, 6.45) is 1.92. The molecule has 38 heavy (non-hydrogen) atoms. The van der Waals surface area contributed by atoms with Crippen LogP contribution in [0.3, 0.4) is 0 Å². The Labute approximate surface area is 228 Å². The molecule has 1 saturated heterocycles. The molecule has 1 aliphatic heterocycles. The zero-order valence-corrected chi connectivity index (χ0v) is 25.0. The molecule has 3 unspecified atom stereocenters. The minimum Gasteiger partial charge on any atom is -0.368 e. The fourth-order valence-corrected chi connectivity index (χ4v) is 4.41. The number of amides is 5. The summed E-state index contributed by atoms with van der Waals surface area (Å²) in [4.78, 5) is 64.6. The first-order valence-corrected chi connectivity index (χ1v) is 13.6. The first kappa shape index (κ1) is 33.4. The van der Waals surface area contributed by atoms with E-state index in [1.807, 2.05) is 62.3 Å². The van der Waals surface area contributed by atoms with E-state index < -0.39 is 23.9 Å². The van der Waals surface area contributed by atoms with E-state index in [-0.39, 0.29) is 65.8 Å². The van der Waals surface area contributed by atoms with Crippen LogP contribution in [0, 0.1) is 16.2 Å². The summed E-state index contributed by atoms with van der Waals surface area (Å²) in [6, 6.07) is -2.12. The summed E-state index contributed by atoms with van der Waals surface area (Å²) in [5.74, 6) is -1.53. The predicted octanol–water partition coefficient (Wildman–Crippen LogP) is 2.25. The highest BCUT2D eigenvalue weighted by Crippen LogP contribution is 2.26. The molecule has 218 valence electrons. The van der Waals surface area contributed by atoms with Gasteiger partial charge in [-0.15, -0.1) is 0 Å². The Kier molecular flexibility index (Phi) is 11.8. The maximum atomic E-state index is 13.3. The first-order valence-electron chi connectivity index (χ1n) is 13.6. The second kappa shape index (κ2) is 13.4. The normalized spacial score (nSPS) is 19.0. The third-order valence-electron chi connectivity index (χ3n) is 6.00. The number of nitrogens with one attached hydrogen (secondary N) is 3. The van der Waals surface area contributed by atoms with Crippen molar-refractivity contribution >= 4 is 29.5 Å². The first-order chi connectivity index (χ1) is 17.2. The molecule has 0 spiro atoms. The second-order valence-corrected chi connectivity index (χ2v) is 14.2. The van der Waals surface area contributed by atoms with E-state index in [1.54, 1.807) is 0 Å². The van der Waals surface area contributed by atoms with Crippen LogP contribution in [0.15, 0.2) is 0 Å². The molecular formula is C28H51N5O5. The van der Waals surface area contributed by atoms with Crippen molar-refractivity contribution in [3.8, 4) is 0 Å². The van der Waals surface area contributed by atoms with Crippen molar-refractivity contribution in [2.45, 2.75) is 119 Å². The van der Waals surface area contributed by atoms with Crippen LogP contribution in [0.25, 0.3) is 0 Å². The molecular weight excluding hydrogens is 486 g/mol. The molecule has 5 N–H and O–H groups in total. The molecule has 1 heterocycles. The Balaban J connectivity index is 2.86. The fourth-order valence-electron chi connectivity index (χ4n) is 4.41. The Morgan fingerprint density at radius 3 is 1.87 bits per heavy atom. The summed E-state index contributed by atoms with van der Waals surface area (Å²) in [7, 11) is 0. The van der Waals surface area contributed by atoms with Crippen LogP contribution in [0.1, 0.15) is 101 Å². The van der Waals surface area contributed by atoms with Gasteiger partial charge in [-0.3, -0.25) is 24.0 Å². The number of hydrogen-bond donors (Lipinski definition) is 4. The molecule has 0 aromatic carbocycles. The van der Waals surface area contributed by atoms with E-state index in [2.05, 4.69) is 16.0 Å². The van der Waals surface area contributed by atoms with Crippen molar-refractivity contribution in [1.82, 2.24) is 20.9 Å². The van der Waals surface area contributed by atoms with Gasteiger partial charge in [0.2, 0.25) is 29.5 Å². The highest BCUT2D eigenvalue weighted by atomic mass is 16.2. The van der Waals surface area contributed by atoms with E-state index in [0.717, 1.165) is 0 Å². The summed E-state index contributed by atoms with van der Waals surface area (Å²) >= 11 is 0. The third-order valence-corrected chi connectivity index (χ3v) is 6.00. The van der Waals surface area contributed by atoms with Crippen molar-refractivity contribution < 1.29 is 24.0 Å². The Morgan fingerprint density at radius 1 is 0.842 bits per heavy atom. The largest absolute Gasteiger partial charge is 0.368 e. The molecule has 5 amide bonds. The highest BCUT2D eigenvalue weighted by Gasteiger charge is 2.41.